The first-order chi connectivity index (χ1) is 10.3. The maximum Gasteiger partial charge on any atom is 0.0939 e. The maximum absolute atomic E-state index is 6.07. The molecule has 1 N–H and O–H groups in total. The summed E-state index contributed by atoms with van der Waals surface area (Å²) in [5, 5.41) is 3.69. The van der Waals surface area contributed by atoms with Gasteiger partial charge in [-0.3, -0.25) is 4.98 Å². The largest absolute Gasteiger partial charge is 0.378 e. The lowest BCUT2D eigenvalue weighted by Crippen LogP contribution is -2.48. The lowest BCUT2D eigenvalue weighted by Gasteiger charge is -2.40. The van der Waals surface area contributed by atoms with E-state index in [4.69, 9.17) is 9.47 Å². The Morgan fingerprint density at radius 3 is 2.95 bits per heavy atom. The zero-order chi connectivity index (χ0) is 14.5. The summed E-state index contributed by atoms with van der Waals surface area (Å²) in [6, 6.07) is 4.76. The van der Waals surface area contributed by atoms with E-state index in [1.807, 2.05) is 12.4 Å². The highest BCUT2D eigenvalue weighted by Crippen LogP contribution is 2.37. The molecule has 116 valence electrons. The van der Waals surface area contributed by atoms with Crippen molar-refractivity contribution in [3.05, 3.63) is 30.1 Å². The topological polar surface area (TPSA) is 43.4 Å². The van der Waals surface area contributed by atoms with E-state index in [1.54, 1.807) is 0 Å². The minimum atomic E-state index is -0.00513. The van der Waals surface area contributed by atoms with Gasteiger partial charge in [-0.05, 0) is 49.4 Å². The lowest BCUT2D eigenvalue weighted by atomic mass is 9.79. The molecule has 21 heavy (non-hydrogen) atoms. The second-order valence-electron chi connectivity index (χ2n) is 6.31. The van der Waals surface area contributed by atoms with E-state index < -0.39 is 0 Å². The van der Waals surface area contributed by atoms with E-state index >= 15 is 0 Å². The Morgan fingerprint density at radius 1 is 1.38 bits per heavy atom. The predicted octanol–water partition coefficient (Wildman–Crippen LogP) is 2.19. The van der Waals surface area contributed by atoms with Crippen LogP contribution in [-0.4, -0.2) is 43.0 Å². The second-order valence-corrected chi connectivity index (χ2v) is 6.31. The molecule has 1 aromatic heterocycles. The SMILES string of the molecule is CCNC(Cc1ccncc1)C1CCOC2(CCOC2)C1. The summed E-state index contributed by atoms with van der Waals surface area (Å²) in [5.41, 5.74) is 1.36. The van der Waals surface area contributed by atoms with Crippen molar-refractivity contribution in [1.29, 1.82) is 0 Å². The Kier molecular flexibility index (Phi) is 4.88. The van der Waals surface area contributed by atoms with E-state index in [9.17, 15) is 0 Å². The Bertz CT molecular complexity index is 432. The lowest BCUT2D eigenvalue weighted by molar-refractivity contribution is -0.103. The summed E-state index contributed by atoms with van der Waals surface area (Å²) < 4.78 is 11.7. The van der Waals surface area contributed by atoms with Crippen molar-refractivity contribution in [2.45, 2.75) is 44.2 Å². The first kappa shape index (κ1) is 14.9. The van der Waals surface area contributed by atoms with Crippen molar-refractivity contribution in [3.63, 3.8) is 0 Å². The molecule has 0 radical (unpaired) electrons. The third-order valence-electron chi connectivity index (χ3n) is 4.84. The molecule has 3 atom stereocenters. The van der Waals surface area contributed by atoms with Gasteiger partial charge in [0.05, 0.1) is 12.2 Å². The van der Waals surface area contributed by atoms with Crippen molar-refractivity contribution in [2.24, 2.45) is 5.92 Å². The highest BCUT2D eigenvalue weighted by molar-refractivity contribution is 5.12. The Hall–Kier alpha value is -0.970. The van der Waals surface area contributed by atoms with E-state index in [2.05, 4.69) is 29.4 Å². The van der Waals surface area contributed by atoms with Crippen LogP contribution in [0.2, 0.25) is 0 Å². The number of likely N-dealkylation sites (N-methyl/N-ethyl adjacent to an activating group) is 1. The van der Waals surface area contributed by atoms with Gasteiger partial charge in [0, 0.05) is 38.1 Å². The molecular weight excluding hydrogens is 264 g/mol. The fourth-order valence-corrected chi connectivity index (χ4v) is 3.71. The molecule has 0 bridgehead atoms. The highest BCUT2D eigenvalue weighted by atomic mass is 16.6. The smallest absolute Gasteiger partial charge is 0.0939 e. The van der Waals surface area contributed by atoms with Gasteiger partial charge < -0.3 is 14.8 Å². The molecule has 0 aromatic carbocycles. The maximum atomic E-state index is 6.07. The van der Waals surface area contributed by atoms with Gasteiger partial charge in [-0.15, -0.1) is 0 Å². The molecule has 4 nitrogen and oxygen atoms in total. The quantitative estimate of drug-likeness (QED) is 0.903. The third-order valence-corrected chi connectivity index (χ3v) is 4.84. The number of nitrogens with one attached hydrogen (secondary N) is 1. The minimum Gasteiger partial charge on any atom is -0.378 e. The number of hydrogen-bond acceptors (Lipinski definition) is 4. The molecule has 3 heterocycles. The fourth-order valence-electron chi connectivity index (χ4n) is 3.71. The monoisotopic (exact) mass is 290 g/mol. The molecule has 1 spiro atoms. The average molecular weight is 290 g/mol. The number of ether oxygens (including phenoxy) is 2. The van der Waals surface area contributed by atoms with E-state index in [1.165, 1.54) is 5.56 Å². The highest BCUT2D eigenvalue weighted by Gasteiger charge is 2.42. The summed E-state index contributed by atoms with van der Waals surface area (Å²) in [5.74, 6) is 0.661. The normalized spacial score (nSPS) is 30.6. The standard InChI is InChI=1S/C17H26N2O2/c1-2-19-16(11-14-3-7-18-8-4-14)15-5-9-21-17(12-15)6-10-20-13-17/h3-4,7-8,15-16,19H,2,5-6,9-13H2,1H3. The number of pyridine rings is 1. The third kappa shape index (κ3) is 3.62. The van der Waals surface area contributed by atoms with Crippen LogP contribution in [0.5, 0.6) is 0 Å². The van der Waals surface area contributed by atoms with Crippen molar-refractivity contribution >= 4 is 0 Å². The summed E-state index contributed by atoms with van der Waals surface area (Å²) in [6.07, 6.45) is 8.15. The van der Waals surface area contributed by atoms with E-state index in [0.29, 0.717) is 12.0 Å². The van der Waals surface area contributed by atoms with Gasteiger partial charge in [0.1, 0.15) is 0 Å². The molecule has 2 fully saturated rings. The molecule has 0 amide bonds. The van der Waals surface area contributed by atoms with E-state index in [0.717, 1.165) is 52.0 Å². The summed E-state index contributed by atoms with van der Waals surface area (Å²) in [4.78, 5) is 4.11. The van der Waals surface area contributed by atoms with Crippen LogP contribution in [-0.2, 0) is 15.9 Å². The molecule has 2 aliphatic heterocycles. The number of nitrogens with zero attached hydrogens (tertiary/aromatic N) is 1. The summed E-state index contributed by atoms with van der Waals surface area (Å²) in [7, 11) is 0. The molecule has 2 saturated heterocycles. The van der Waals surface area contributed by atoms with Gasteiger partial charge >= 0.3 is 0 Å². The van der Waals surface area contributed by atoms with Crippen molar-refractivity contribution < 1.29 is 9.47 Å². The van der Waals surface area contributed by atoms with Gasteiger partial charge in [0.2, 0.25) is 0 Å². The molecule has 0 aliphatic carbocycles. The molecule has 1 aromatic rings. The van der Waals surface area contributed by atoms with Gasteiger partial charge in [0.15, 0.2) is 0 Å². The molecule has 3 unspecified atom stereocenters. The van der Waals surface area contributed by atoms with Crippen LogP contribution in [0.15, 0.2) is 24.5 Å². The summed E-state index contributed by atoms with van der Waals surface area (Å²) >= 11 is 0. The Labute approximate surface area is 127 Å². The number of rotatable bonds is 5. The molecule has 3 rings (SSSR count). The summed E-state index contributed by atoms with van der Waals surface area (Å²) in [6.45, 7) is 5.69. The van der Waals surface area contributed by atoms with Crippen LogP contribution >= 0.6 is 0 Å². The number of hydrogen-bond donors (Lipinski definition) is 1. The molecular formula is C17H26N2O2. The van der Waals surface area contributed by atoms with Crippen molar-refractivity contribution in [3.8, 4) is 0 Å². The zero-order valence-corrected chi connectivity index (χ0v) is 12.9. The minimum absolute atomic E-state index is 0.00513. The van der Waals surface area contributed by atoms with Crippen LogP contribution < -0.4 is 5.32 Å². The second kappa shape index (κ2) is 6.86. The van der Waals surface area contributed by atoms with Crippen molar-refractivity contribution in [2.75, 3.05) is 26.4 Å². The van der Waals surface area contributed by atoms with Gasteiger partial charge in [0.25, 0.3) is 0 Å². The van der Waals surface area contributed by atoms with Crippen LogP contribution in [0.4, 0.5) is 0 Å². The van der Waals surface area contributed by atoms with Crippen LogP contribution in [0, 0.1) is 5.92 Å². The van der Waals surface area contributed by atoms with Gasteiger partial charge in [-0.1, -0.05) is 6.92 Å². The van der Waals surface area contributed by atoms with Crippen LogP contribution in [0.3, 0.4) is 0 Å². The van der Waals surface area contributed by atoms with Crippen LogP contribution in [0.25, 0.3) is 0 Å². The Balaban J connectivity index is 1.68. The Morgan fingerprint density at radius 2 is 2.24 bits per heavy atom. The first-order valence-corrected chi connectivity index (χ1v) is 8.15. The van der Waals surface area contributed by atoms with Crippen LogP contribution in [0.1, 0.15) is 31.7 Å². The zero-order valence-electron chi connectivity index (χ0n) is 12.9. The number of aromatic nitrogens is 1. The predicted molar refractivity (Wildman–Crippen MR) is 82.2 cm³/mol. The first-order valence-electron chi connectivity index (χ1n) is 8.15. The van der Waals surface area contributed by atoms with E-state index in [-0.39, 0.29) is 5.60 Å². The molecule has 2 aliphatic rings. The molecule has 0 saturated carbocycles. The van der Waals surface area contributed by atoms with Gasteiger partial charge in [-0.2, -0.15) is 0 Å². The fraction of sp³-hybridized carbons (Fsp3) is 0.706. The van der Waals surface area contributed by atoms with Gasteiger partial charge in [-0.25, -0.2) is 0 Å². The average Bonchev–Trinajstić information content (AvgIpc) is 2.96. The van der Waals surface area contributed by atoms with Crippen molar-refractivity contribution in [1.82, 2.24) is 10.3 Å². The molecule has 4 heteroatoms.